The van der Waals surface area contributed by atoms with Crippen LogP contribution in [0.2, 0.25) is 0 Å². The highest BCUT2D eigenvalue weighted by molar-refractivity contribution is 5.79. The van der Waals surface area contributed by atoms with Crippen molar-refractivity contribution in [1.29, 1.82) is 0 Å². The first-order valence-electron chi connectivity index (χ1n) is 11.8. The Kier molecular flexibility index (Phi) is 6.90. The van der Waals surface area contributed by atoms with Crippen LogP contribution >= 0.6 is 0 Å². The summed E-state index contributed by atoms with van der Waals surface area (Å²) in [5, 5.41) is 12.1. The maximum absolute atomic E-state index is 13.3. The van der Waals surface area contributed by atoms with Crippen molar-refractivity contribution < 1.29 is 9.90 Å². The van der Waals surface area contributed by atoms with Gasteiger partial charge in [-0.3, -0.25) is 9.59 Å². The van der Waals surface area contributed by atoms with Crippen LogP contribution < -0.4 is 10.9 Å². The van der Waals surface area contributed by atoms with Crippen molar-refractivity contribution in [3.63, 3.8) is 0 Å². The second-order valence-corrected chi connectivity index (χ2v) is 9.09. The summed E-state index contributed by atoms with van der Waals surface area (Å²) >= 11 is 0. The number of aliphatic carboxylic acids is 1. The number of likely N-dealkylation sites (tertiary alicyclic amines) is 1. The smallest absolute Gasteiger partial charge is 0.325 e. The van der Waals surface area contributed by atoms with Crippen molar-refractivity contribution >= 4 is 22.8 Å². The highest BCUT2D eigenvalue weighted by atomic mass is 16.4. The third-order valence-corrected chi connectivity index (χ3v) is 6.97. The number of nitrogens with one attached hydrogen (secondary N) is 1. The Balaban J connectivity index is 1.57. The minimum atomic E-state index is -1.01. The van der Waals surface area contributed by atoms with Gasteiger partial charge in [-0.15, -0.1) is 0 Å². The van der Waals surface area contributed by atoms with Gasteiger partial charge in [-0.25, -0.2) is 4.98 Å². The molecule has 1 aliphatic heterocycles. The van der Waals surface area contributed by atoms with Crippen molar-refractivity contribution in [3.05, 3.63) is 34.6 Å². The molecule has 0 bridgehead atoms. The van der Waals surface area contributed by atoms with E-state index in [4.69, 9.17) is 0 Å². The van der Waals surface area contributed by atoms with E-state index in [1.165, 1.54) is 51.9 Å². The predicted molar refractivity (Wildman–Crippen MR) is 123 cm³/mol. The van der Waals surface area contributed by atoms with Crippen molar-refractivity contribution in [2.45, 2.75) is 82.8 Å². The summed E-state index contributed by atoms with van der Waals surface area (Å²) in [6, 6.07) is 7.55. The molecule has 0 amide bonds. The van der Waals surface area contributed by atoms with E-state index in [0.717, 1.165) is 31.4 Å². The van der Waals surface area contributed by atoms with E-state index in [1.807, 2.05) is 28.8 Å². The first kappa shape index (κ1) is 21.8. The van der Waals surface area contributed by atoms with Gasteiger partial charge in [0.1, 0.15) is 6.04 Å². The summed E-state index contributed by atoms with van der Waals surface area (Å²) in [4.78, 5) is 31.7. The Hall–Kier alpha value is -2.41. The zero-order valence-corrected chi connectivity index (χ0v) is 18.4. The molecule has 2 N–H and O–H groups in total. The number of nitrogens with zero attached hydrogens (tertiary/aromatic N) is 3. The van der Waals surface area contributed by atoms with Gasteiger partial charge in [0.25, 0.3) is 5.56 Å². The van der Waals surface area contributed by atoms with E-state index in [0.29, 0.717) is 11.6 Å². The van der Waals surface area contributed by atoms with Crippen LogP contribution in [0.5, 0.6) is 0 Å². The first-order chi connectivity index (χ1) is 15.0. The molecule has 1 saturated carbocycles. The fourth-order valence-electron chi connectivity index (χ4n) is 5.19. The second kappa shape index (κ2) is 9.81. The average Bonchev–Trinajstić information content (AvgIpc) is 2.74. The molecule has 2 heterocycles. The number of carboxylic acids is 1. The highest BCUT2D eigenvalue weighted by Crippen LogP contribution is 2.29. The van der Waals surface area contributed by atoms with E-state index in [-0.39, 0.29) is 17.4 Å². The van der Waals surface area contributed by atoms with Crippen molar-refractivity contribution in [3.8, 4) is 0 Å². The number of anilines is 1. The summed E-state index contributed by atoms with van der Waals surface area (Å²) in [6.45, 7) is 3.54. The van der Waals surface area contributed by atoms with Crippen molar-refractivity contribution in [2.24, 2.45) is 0 Å². The van der Waals surface area contributed by atoms with Gasteiger partial charge in [-0.2, -0.15) is 0 Å². The molecule has 31 heavy (non-hydrogen) atoms. The van der Waals surface area contributed by atoms with E-state index >= 15 is 0 Å². The average molecular weight is 427 g/mol. The number of benzene rings is 1. The topological polar surface area (TPSA) is 87.5 Å². The predicted octanol–water partition coefficient (Wildman–Crippen LogP) is 4.03. The number of hydrogen-bond donors (Lipinski definition) is 2. The molecule has 1 unspecified atom stereocenters. The number of carbonyl (C=O) groups is 1. The monoisotopic (exact) mass is 426 g/mol. The minimum Gasteiger partial charge on any atom is -0.480 e. The van der Waals surface area contributed by atoms with Gasteiger partial charge in [-0.1, -0.05) is 44.2 Å². The number of aromatic nitrogens is 2. The third kappa shape index (κ3) is 4.92. The van der Waals surface area contributed by atoms with Crippen LogP contribution in [0.3, 0.4) is 0 Å². The lowest BCUT2D eigenvalue weighted by molar-refractivity contribution is -0.137. The molecule has 7 nitrogen and oxygen atoms in total. The fraction of sp³-hybridized carbons (Fsp3) is 0.625. The molecule has 2 aliphatic rings. The summed E-state index contributed by atoms with van der Waals surface area (Å²) in [7, 11) is 0. The highest BCUT2D eigenvalue weighted by Gasteiger charge is 2.28. The molecule has 1 atom stereocenters. The van der Waals surface area contributed by atoms with Gasteiger partial charge in [-0.05, 0) is 44.7 Å². The van der Waals surface area contributed by atoms with Crippen molar-refractivity contribution in [1.82, 2.24) is 14.5 Å². The van der Waals surface area contributed by atoms with E-state index in [9.17, 15) is 14.7 Å². The zero-order valence-electron chi connectivity index (χ0n) is 18.4. The molecule has 2 fully saturated rings. The molecular weight excluding hydrogens is 392 g/mol. The molecule has 1 saturated heterocycles. The summed E-state index contributed by atoms with van der Waals surface area (Å²) in [5.41, 5.74) is 1.31. The van der Waals surface area contributed by atoms with Crippen LogP contribution in [0.15, 0.2) is 29.1 Å². The molecule has 0 radical (unpaired) electrons. The third-order valence-electron chi connectivity index (χ3n) is 6.97. The maximum atomic E-state index is 13.3. The van der Waals surface area contributed by atoms with E-state index in [2.05, 4.69) is 15.2 Å². The first-order valence-corrected chi connectivity index (χ1v) is 11.8. The Morgan fingerprint density at radius 3 is 2.35 bits per heavy atom. The quantitative estimate of drug-likeness (QED) is 0.751. The van der Waals surface area contributed by atoms with Crippen LogP contribution in [0.4, 0.5) is 5.82 Å². The number of fused-ring (bicyclic) bond motifs is 1. The Morgan fingerprint density at radius 1 is 1.03 bits per heavy atom. The molecule has 1 aromatic carbocycles. The summed E-state index contributed by atoms with van der Waals surface area (Å²) < 4.78 is 1.86. The number of rotatable bonds is 5. The second-order valence-electron chi connectivity index (χ2n) is 9.09. The van der Waals surface area contributed by atoms with Gasteiger partial charge in [0, 0.05) is 25.2 Å². The molecular formula is C24H34N4O3. The van der Waals surface area contributed by atoms with Gasteiger partial charge in [0.05, 0.1) is 11.0 Å². The van der Waals surface area contributed by atoms with Crippen LogP contribution in [0.25, 0.3) is 11.0 Å². The summed E-state index contributed by atoms with van der Waals surface area (Å²) in [5.74, 6) is -0.885. The van der Waals surface area contributed by atoms with Gasteiger partial charge in [0.2, 0.25) is 0 Å². The molecule has 7 heteroatoms. The lowest BCUT2D eigenvalue weighted by Gasteiger charge is -2.39. The van der Waals surface area contributed by atoms with E-state index in [1.54, 1.807) is 0 Å². The number of piperidine rings is 1. The largest absolute Gasteiger partial charge is 0.480 e. The Morgan fingerprint density at radius 2 is 1.68 bits per heavy atom. The fourth-order valence-corrected chi connectivity index (χ4v) is 5.19. The van der Waals surface area contributed by atoms with Crippen LogP contribution in [0, 0.1) is 0 Å². The number of hydrogen-bond acceptors (Lipinski definition) is 5. The molecule has 2 aromatic rings. The number of carboxylic acid groups (broad SMARTS) is 1. The molecule has 1 aromatic heterocycles. The van der Waals surface area contributed by atoms with Crippen molar-refractivity contribution in [2.75, 3.05) is 18.4 Å². The van der Waals surface area contributed by atoms with Crippen LogP contribution in [-0.4, -0.2) is 50.7 Å². The molecule has 4 rings (SSSR count). The van der Waals surface area contributed by atoms with E-state index < -0.39 is 12.0 Å². The van der Waals surface area contributed by atoms with Gasteiger partial charge >= 0.3 is 5.97 Å². The molecule has 1 aliphatic carbocycles. The van der Waals surface area contributed by atoms with Crippen LogP contribution in [0.1, 0.15) is 70.8 Å². The zero-order chi connectivity index (χ0) is 21.8. The van der Waals surface area contributed by atoms with Gasteiger partial charge in [0.15, 0.2) is 5.82 Å². The Bertz CT molecular complexity index is 957. The normalized spacial score (nSPS) is 20.8. The molecule has 0 spiro atoms. The SMILES string of the molecule is CC(Nc1nc2ccccc2n(C2CCN(C3CCCCCCC3)CC2)c1=O)C(=O)O. The van der Waals surface area contributed by atoms with Gasteiger partial charge < -0.3 is 19.9 Å². The summed E-state index contributed by atoms with van der Waals surface area (Å²) in [6.07, 6.45) is 11.2. The van der Waals surface area contributed by atoms with Crippen LogP contribution in [-0.2, 0) is 4.79 Å². The standard InChI is InChI=1S/C24H34N4O3/c1-17(24(30)31)25-22-23(29)28(21-12-8-7-11-20(21)26-22)19-13-15-27(16-14-19)18-9-5-3-2-4-6-10-18/h7-8,11-12,17-19H,2-6,9-10,13-16H2,1H3,(H,25,26)(H,30,31). The lowest BCUT2D eigenvalue weighted by Crippen LogP contribution is -2.44. The Labute approximate surface area is 183 Å². The lowest BCUT2D eigenvalue weighted by atomic mass is 9.93. The maximum Gasteiger partial charge on any atom is 0.325 e. The minimum absolute atomic E-state index is 0.103. The molecule has 168 valence electrons. The number of para-hydroxylation sites is 2.